The molecule has 2 heterocycles. The minimum Gasteiger partial charge on any atom is -0.444 e. The number of carbonyl (C=O) groups excluding carboxylic acids is 1. The molecular weight excluding hydrogens is 408 g/mol. The summed E-state index contributed by atoms with van der Waals surface area (Å²) in [7, 11) is -3.55. The van der Waals surface area contributed by atoms with E-state index in [1.165, 1.54) is 4.31 Å². The molecule has 8 heteroatoms. The number of amides is 1. The van der Waals surface area contributed by atoms with Crippen LogP contribution in [0.2, 0.25) is 0 Å². The second-order valence-corrected chi connectivity index (χ2v) is 8.77. The third-order valence-corrected chi connectivity index (χ3v) is 6.75. The Bertz CT molecular complexity index is 899. The molecule has 6 nitrogen and oxygen atoms in total. The average molecular weight is 427 g/mol. The summed E-state index contributed by atoms with van der Waals surface area (Å²) < 4.78 is 32.8. The Morgan fingerprint density at radius 3 is 2.28 bits per heavy atom. The summed E-state index contributed by atoms with van der Waals surface area (Å²) >= 11 is 3.17. The molecule has 1 aromatic heterocycles. The SMILES string of the molecule is Cc1ccc(S(=O)(=O)N2CCN(C(=O)c3ccc(Br)o3)CC2)cc1C. The highest BCUT2D eigenvalue weighted by molar-refractivity contribution is 9.10. The van der Waals surface area contributed by atoms with Crippen LogP contribution in [-0.2, 0) is 10.0 Å². The highest BCUT2D eigenvalue weighted by Gasteiger charge is 2.31. The van der Waals surface area contributed by atoms with Gasteiger partial charge in [-0.05, 0) is 65.2 Å². The van der Waals surface area contributed by atoms with Gasteiger partial charge in [0.2, 0.25) is 10.0 Å². The number of rotatable bonds is 3. The van der Waals surface area contributed by atoms with Crippen molar-refractivity contribution in [3.05, 3.63) is 51.9 Å². The molecule has 0 spiro atoms. The summed E-state index contributed by atoms with van der Waals surface area (Å²) in [5.41, 5.74) is 2.00. The van der Waals surface area contributed by atoms with E-state index in [4.69, 9.17) is 4.42 Å². The van der Waals surface area contributed by atoms with Crippen LogP contribution in [0.5, 0.6) is 0 Å². The number of piperazine rings is 1. The predicted octanol–water partition coefficient (Wildman–Crippen LogP) is 2.81. The molecule has 0 radical (unpaired) electrons. The lowest BCUT2D eigenvalue weighted by molar-refractivity contribution is 0.0664. The van der Waals surface area contributed by atoms with E-state index in [0.717, 1.165) is 11.1 Å². The van der Waals surface area contributed by atoms with Gasteiger partial charge in [0.1, 0.15) is 0 Å². The molecule has 1 aliphatic rings. The van der Waals surface area contributed by atoms with Crippen LogP contribution in [0, 0.1) is 13.8 Å². The van der Waals surface area contributed by atoms with E-state index in [-0.39, 0.29) is 24.8 Å². The monoisotopic (exact) mass is 426 g/mol. The molecule has 1 amide bonds. The Kier molecular flexibility index (Phi) is 5.04. The molecule has 2 aromatic rings. The van der Waals surface area contributed by atoms with Gasteiger partial charge in [0.25, 0.3) is 5.91 Å². The molecule has 25 heavy (non-hydrogen) atoms. The number of benzene rings is 1. The molecular formula is C17H19BrN2O4S. The quantitative estimate of drug-likeness (QED) is 0.756. The van der Waals surface area contributed by atoms with Crippen LogP contribution in [0.25, 0.3) is 0 Å². The van der Waals surface area contributed by atoms with E-state index < -0.39 is 10.0 Å². The maximum absolute atomic E-state index is 12.8. The molecule has 0 aliphatic carbocycles. The van der Waals surface area contributed by atoms with Gasteiger partial charge in [-0.2, -0.15) is 4.31 Å². The average Bonchev–Trinajstić information content (AvgIpc) is 3.03. The molecule has 0 atom stereocenters. The summed E-state index contributed by atoms with van der Waals surface area (Å²) in [5.74, 6) is 0.0197. The Morgan fingerprint density at radius 2 is 1.72 bits per heavy atom. The fraction of sp³-hybridized carbons (Fsp3) is 0.353. The van der Waals surface area contributed by atoms with Crippen molar-refractivity contribution >= 4 is 31.9 Å². The second kappa shape index (κ2) is 6.93. The fourth-order valence-corrected chi connectivity index (χ4v) is 4.55. The minimum absolute atomic E-state index is 0.228. The van der Waals surface area contributed by atoms with Gasteiger partial charge in [-0.3, -0.25) is 4.79 Å². The first-order chi connectivity index (χ1) is 11.8. The maximum Gasteiger partial charge on any atom is 0.289 e. The highest BCUT2D eigenvalue weighted by atomic mass is 79.9. The fourth-order valence-electron chi connectivity index (χ4n) is 2.74. The zero-order valence-electron chi connectivity index (χ0n) is 14.0. The summed E-state index contributed by atoms with van der Waals surface area (Å²) in [6.45, 7) is 5.05. The zero-order valence-corrected chi connectivity index (χ0v) is 16.4. The number of hydrogen-bond donors (Lipinski definition) is 0. The van der Waals surface area contributed by atoms with Gasteiger partial charge >= 0.3 is 0 Å². The summed E-state index contributed by atoms with van der Waals surface area (Å²) in [4.78, 5) is 14.3. The number of carbonyl (C=O) groups is 1. The van der Waals surface area contributed by atoms with Crippen molar-refractivity contribution in [2.75, 3.05) is 26.2 Å². The molecule has 134 valence electrons. The minimum atomic E-state index is -3.55. The van der Waals surface area contributed by atoms with Gasteiger partial charge in [-0.25, -0.2) is 8.42 Å². The van der Waals surface area contributed by atoms with Crippen molar-refractivity contribution < 1.29 is 17.6 Å². The lowest BCUT2D eigenvalue weighted by Crippen LogP contribution is -2.50. The van der Waals surface area contributed by atoms with Crippen molar-refractivity contribution in [2.24, 2.45) is 0 Å². The third-order valence-electron chi connectivity index (χ3n) is 4.43. The number of furan rings is 1. The number of halogens is 1. The molecule has 1 saturated heterocycles. The lowest BCUT2D eigenvalue weighted by Gasteiger charge is -2.33. The van der Waals surface area contributed by atoms with Gasteiger partial charge in [0.15, 0.2) is 10.4 Å². The van der Waals surface area contributed by atoms with E-state index in [2.05, 4.69) is 15.9 Å². The summed E-state index contributed by atoms with van der Waals surface area (Å²) in [6, 6.07) is 8.41. The Hall–Kier alpha value is -1.64. The van der Waals surface area contributed by atoms with Gasteiger partial charge < -0.3 is 9.32 Å². The molecule has 1 aliphatic heterocycles. The van der Waals surface area contributed by atoms with Crippen molar-refractivity contribution in [3.63, 3.8) is 0 Å². The van der Waals surface area contributed by atoms with E-state index in [1.807, 2.05) is 19.9 Å². The molecule has 0 unspecified atom stereocenters. The van der Waals surface area contributed by atoms with Crippen LogP contribution >= 0.6 is 15.9 Å². The van der Waals surface area contributed by atoms with Crippen LogP contribution in [0.3, 0.4) is 0 Å². The van der Waals surface area contributed by atoms with Crippen LogP contribution in [0.15, 0.2) is 44.3 Å². The first-order valence-electron chi connectivity index (χ1n) is 7.91. The first kappa shape index (κ1) is 18.2. The number of hydrogen-bond acceptors (Lipinski definition) is 4. The van der Waals surface area contributed by atoms with Gasteiger partial charge in [0, 0.05) is 26.2 Å². The Labute approximate surface area is 155 Å². The van der Waals surface area contributed by atoms with Crippen LogP contribution < -0.4 is 0 Å². The van der Waals surface area contributed by atoms with E-state index >= 15 is 0 Å². The first-order valence-corrected chi connectivity index (χ1v) is 10.1. The predicted molar refractivity (Wildman–Crippen MR) is 97.0 cm³/mol. The maximum atomic E-state index is 12.8. The van der Waals surface area contributed by atoms with Crippen molar-refractivity contribution in [1.29, 1.82) is 0 Å². The summed E-state index contributed by atoms with van der Waals surface area (Å²) in [5, 5.41) is 0. The molecule has 0 saturated carbocycles. The van der Waals surface area contributed by atoms with Crippen LogP contribution in [0.1, 0.15) is 21.7 Å². The molecule has 1 fully saturated rings. The third kappa shape index (κ3) is 3.65. The number of aryl methyl sites for hydroxylation is 2. The van der Waals surface area contributed by atoms with Gasteiger partial charge in [-0.15, -0.1) is 0 Å². The van der Waals surface area contributed by atoms with E-state index in [9.17, 15) is 13.2 Å². The van der Waals surface area contributed by atoms with Crippen LogP contribution in [-0.4, -0.2) is 49.7 Å². The standard InChI is InChI=1S/C17H19BrN2O4S/c1-12-3-4-14(11-13(12)2)25(22,23)20-9-7-19(8-10-20)17(21)15-5-6-16(18)24-15/h3-6,11H,7-10H2,1-2H3. The lowest BCUT2D eigenvalue weighted by atomic mass is 10.1. The molecule has 1 aromatic carbocycles. The second-order valence-electron chi connectivity index (χ2n) is 6.05. The van der Waals surface area contributed by atoms with Gasteiger partial charge in [-0.1, -0.05) is 6.07 Å². The van der Waals surface area contributed by atoms with Crippen molar-refractivity contribution in [3.8, 4) is 0 Å². The summed E-state index contributed by atoms with van der Waals surface area (Å²) in [6.07, 6.45) is 0. The normalized spacial score (nSPS) is 16.2. The largest absolute Gasteiger partial charge is 0.444 e. The zero-order chi connectivity index (χ0) is 18.2. The Morgan fingerprint density at radius 1 is 1.04 bits per heavy atom. The van der Waals surface area contributed by atoms with Crippen LogP contribution in [0.4, 0.5) is 0 Å². The Balaban J connectivity index is 1.71. The van der Waals surface area contributed by atoms with Gasteiger partial charge in [0.05, 0.1) is 4.90 Å². The topological polar surface area (TPSA) is 70.8 Å². The van der Waals surface area contributed by atoms with Crippen molar-refractivity contribution in [1.82, 2.24) is 9.21 Å². The molecule has 3 rings (SSSR count). The number of nitrogens with zero attached hydrogens (tertiary/aromatic N) is 2. The highest BCUT2D eigenvalue weighted by Crippen LogP contribution is 2.22. The molecule has 0 N–H and O–H groups in total. The van der Waals surface area contributed by atoms with E-state index in [0.29, 0.717) is 22.7 Å². The smallest absolute Gasteiger partial charge is 0.289 e. The van der Waals surface area contributed by atoms with E-state index in [1.54, 1.807) is 29.2 Å². The van der Waals surface area contributed by atoms with Crippen molar-refractivity contribution in [2.45, 2.75) is 18.7 Å². The number of sulfonamides is 1. The molecule has 0 bridgehead atoms.